The molecular formula is C21H24N2O2S. The molecule has 0 amide bonds. The van der Waals surface area contributed by atoms with Crippen molar-refractivity contribution in [1.29, 1.82) is 0 Å². The van der Waals surface area contributed by atoms with Crippen LogP contribution in [0.3, 0.4) is 0 Å². The minimum absolute atomic E-state index is 0.304. The van der Waals surface area contributed by atoms with Gasteiger partial charge in [0.1, 0.15) is 0 Å². The van der Waals surface area contributed by atoms with Crippen molar-refractivity contribution < 1.29 is 9.53 Å². The van der Waals surface area contributed by atoms with E-state index >= 15 is 0 Å². The second kappa shape index (κ2) is 8.32. The van der Waals surface area contributed by atoms with Crippen molar-refractivity contribution in [3.05, 3.63) is 65.2 Å². The molecular weight excluding hydrogens is 344 g/mol. The number of thiocarbonyl (C=S) groups is 1. The zero-order valence-electron chi connectivity index (χ0n) is 15.2. The summed E-state index contributed by atoms with van der Waals surface area (Å²) in [6.07, 6.45) is 1.10. The van der Waals surface area contributed by atoms with Crippen LogP contribution in [0, 0.1) is 6.92 Å². The Morgan fingerprint density at radius 1 is 1.19 bits per heavy atom. The predicted molar refractivity (Wildman–Crippen MR) is 109 cm³/mol. The number of benzene rings is 2. The summed E-state index contributed by atoms with van der Waals surface area (Å²) in [5.41, 5.74) is 4.08. The smallest absolute Gasteiger partial charge is 0.338 e. The molecule has 1 atom stereocenters. The molecule has 1 fully saturated rings. The highest BCUT2D eigenvalue weighted by molar-refractivity contribution is 7.80. The summed E-state index contributed by atoms with van der Waals surface area (Å²) >= 11 is 5.57. The van der Waals surface area contributed by atoms with Crippen LogP contribution < -0.4 is 5.32 Å². The molecule has 1 heterocycles. The Morgan fingerprint density at radius 3 is 2.54 bits per heavy atom. The van der Waals surface area contributed by atoms with Gasteiger partial charge in [-0.25, -0.2) is 4.79 Å². The molecule has 0 saturated carbocycles. The first-order valence-electron chi connectivity index (χ1n) is 8.96. The fourth-order valence-electron chi connectivity index (χ4n) is 3.16. The zero-order chi connectivity index (χ0) is 18.5. The van der Waals surface area contributed by atoms with Gasteiger partial charge in [-0.15, -0.1) is 0 Å². The Balaban J connectivity index is 1.57. The molecule has 26 heavy (non-hydrogen) atoms. The Bertz CT molecular complexity index is 772. The van der Waals surface area contributed by atoms with E-state index in [9.17, 15) is 4.79 Å². The Kier molecular flexibility index (Phi) is 5.89. The molecule has 1 N–H and O–H groups in total. The molecule has 0 aliphatic carbocycles. The SMILES string of the molecule is CCOC(=O)c1ccc(NC(=S)N2CC[C@@H](c3ccc(C)cc3)C2)cc1. The minimum Gasteiger partial charge on any atom is -0.462 e. The first-order valence-corrected chi connectivity index (χ1v) is 9.37. The van der Waals surface area contributed by atoms with Crippen LogP contribution in [-0.4, -0.2) is 35.7 Å². The fourth-order valence-corrected chi connectivity index (χ4v) is 3.45. The summed E-state index contributed by atoms with van der Waals surface area (Å²) in [7, 11) is 0. The number of carbonyl (C=O) groups excluding carboxylic acids is 1. The minimum atomic E-state index is -0.304. The number of anilines is 1. The number of nitrogens with zero attached hydrogens (tertiary/aromatic N) is 1. The van der Waals surface area contributed by atoms with Crippen LogP contribution >= 0.6 is 12.2 Å². The molecule has 3 rings (SSSR count). The van der Waals surface area contributed by atoms with Crippen molar-refractivity contribution >= 4 is 29.0 Å². The maximum absolute atomic E-state index is 11.7. The van der Waals surface area contributed by atoms with E-state index in [4.69, 9.17) is 17.0 Å². The average molecular weight is 369 g/mol. The molecule has 2 aromatic rings. The fraction of sp³-hybridized carbons (Fsp3) is 0.333. The zero-order valence-corrected chi connectivity index (χ0v) is 16.0. The number of nitrogens with one attached hydrogen (secondary N) is 1. The standard InChI is InChI=1S/C21H24N2O2S/c1-3-25-20(24)17-8-10-19(11-9-17)22-21(26)23-13-12-18(14-23)16-6-4-15(2)5-7-16/h4-11,18H,3,12-14H2,1-2H3,(H,22,26)/t18-/m1/s1. The normalized spacial score (nSPS) is 16.4. The topological polar surface area (TPSA) is 41.6 Å². The molecule has 5 heteroatoms. The van der Waals surface area contributed by atoms with Crippen LogP contribution in [0.2, 0.25) is 0 Å². The van der Waals surface area contributed by atoms with Gasteiger partial charge in [-0.05, 0) is 62.3 Å². The van der Waals surface area contributed by atoms with Crippen LogP contribution in [0.25, 0.3) is 0 Å². The number of likely N-dealkylation sites (tertiary alicyclic amines) is 1. The lowest BCUT2D eigenvalue weighted by Crippen LogP contribution is -2.32. The number of hydrogen-bond donors (Lipinski definition) is 1. The van der Waals surface area contributed by atoms with Gasteiger partial charge in [-0.2, -0.15) is 0 Å². The molecule has 0 aromatic heterocycles. The van der Waals surface area contributed by atoms with Crippen molar-refractivity contribution in [2.75, 3.05) is 25.0 Å². The third kappa shape index (κ3) is 4.41. The van der Waals surface area contributed by atoms with Crippen molar-refractivity contribution in [3.8, 4) is 0 Å². The van der Waals surface area contributed by atoms with Gasteiger partial charge in [-0.1, -0.05) is 29.8 Å². The van der Waals surface area contributed by atoms with Crippen molar-refractivity contribution in [2.45, 2.75) is 26.2 Å². The van der Waals surface area contributed by atoms with Gasteiger partial charge in [-0.3, -0.25) is 0 Å². The predicted octanol–water partition coefficient (Wildman–Crippen LogP) is 4.36. The van der Waals surface area contributed by atoms with Gasteiger partial charge in [0, 0.05) is 24.7 Å². The van der Waals surface area contributed by atoms with E-state index in [1.165, 1.54) is 11.1 Å². The van der Waals surface area contributed by atoms with Crippen LogP contribution in [-0.2, 0) is 4.74 Å². The lowest BCUT2D eigenvalue weighted by molar-refractivity contribution is 0.0526. The third-order valence-corrected chi connectivity index (χ3v) is 5.03. The van der Waals surface area contributed by atoms with E-state index in [2.05, 4.69) is 41.4 Å². The van der Waals surface area contributed by atoms with Gasteiger partial charge < -0.3 is 15.0 Å². The molecule has 0 unspecified atom stereocenters. The molecule has 136 valence electrons. The Hall–Kier alpha value is -2.40. The van der Waals surface area contributed by atoms with Gasteiger partial charge in [0.25, 0.3) is 0 Å². The van der Waals surface area contributed by atoms with E-state index in [1.54, 1.807) is 19.1 Å². The number of carbonyl (C=O) groups is 1. The van der Waals surface area contributed by atoms with Crippen molar-refractivity contribution in [2.24, 2.45) is 0 Å². The number of rotatable bonds is 4. The second-order valence-corrected chi connectivity index (χ2v) is 6.96. The van der Waals surface area contributed by atoms with Crippen LogP contribution in [0.1, 0.15) is 40.7 Å². The summed E-state index contributed by atoms with van der Waals surface area (Å²) in [6, 6.07) is 16.0. The highest BCUT2D eigenvalue weighted by atomic mass is 32.1. The highest BCUT2D eigenvalue weighted by Crippen LogP contribution is 2.28. The number of ether oxygens (including phenoxy) is 1. The summed E-state index contributed by atoms with van der Waals surface area (Å²) in [6.45, 7) is 6.16. The van der Waals surface area contributed by atoms with E-state index in [0.717, 1.165) is 30.3 Å². The lowest BCUT2D eigenvalue weighted by Gasteiger charge is -2.21. The van der Waals surface area contributed by atoms with Gasteiger partial charge in [0.2, 0.25) is 0 Å². The number of hydrogen-bond acceptors (Lipinski definition) is 3. The van der Waals surface area contributed by atoms with Crippen molar-refractivity contribution in [1.82, 2.24) is 4.90 Å². The van der Waals surface area contributed by atoms with E-state index in [-0.39, 0.29) is 5.97 Å². The largest absolute Gasteiger partial charge is 0.462 e. The molecule has 4 nitrogen and oxygen atoms in total. The molecule has 0 radical (unpaired) electrons. The molecule has 1 saturated heterocycles. The van der Waals surface area contributed by atoms with E-state index in [0.29, 0.717) is 18.1 Å². The Morgan fingerprint density at radius 2 is 1.88 bits per heavy atom. The molecule has 1 aliphatic rings. The summed E-state index contributed by atoms with van der Waals surface area (Å²) in [4.78, 5) is 13.9. The maximum atomic E-state index is 11.7. The number of esters is 1. The molecule has 0 bridgehead atoms. The monoisotopic (exact) mass is 368 g/mol. The van der Waals surface area contributed by atoms with E-state index < -0.39 is 0 Å². The van der Waals surface area contributed by atoms with Crippen LogP contribution in [0.5, 0.6) is 0 Å². The average Bonchev–Trinajstić information content (AvgIpc) is 3.13. The highest BCUT2D eigenvalue weighted by Gasteiger charge is 2.25. The van der Waals surface area contributed by atoms with Gasteiger partial charge >= 0.3 is 5.97 Å². The summed E-state index contributed by atoms with van der Waals surface area (Å²) in [5.74, 6) is 0.212. The van der Waals surface area contributed by atoms with Gasteiger partial charge in [0.05, 0.1) is 12.2 Å². The summed E-state index contributed by atoms with van der Waals surface area (Å²) in [5, 5.41) is 3.99. The third-order valence-electron chi connectivity index (χ3n) is 4.67. The van der Waals surface area contributed by atoms with Crippen LogP contribution in [0.15, 0.2) is 48.5 Å². The Labute approximate surface area is 160 Å². The van der Waals surface area contributed by atoms with E-state index in [1.807, 2.05) is 12.1 Å². The second-order valence-electron chi connectivity index (χ2n) is 6.57. The van der Waals surface area contributed by atoms with Crippen molar-refractivity contribution in [3.63, 3.8) is 0 Å². The first kappa shape index (κ1) is 18.4. The first-order chi connectivity index (χ1) is 12.6. The molecule has 1 aliphatic heterocycles. The quantitative estimate of drug-likeness (QED) is 0.642. The van der Waals surface area contributed by atoms with Crippen LogP contribution in [0.4, 0.5) is 5.69 Å². The molecule has 2 aromatic carbocycles. The summed E-state index contributed by atoms with van der Waals surface area (Å²) < 4.78 is 5.00. The van der Waals surface area contributed by atoms with Gasteiger partial charge in [0.15, 0.2) is 5.11 Å². The lowest BCUT2D eigenvalue weighted by atomic mass is 9.98. The number of aryl methyl sites for hydroxylation is 1. The molecule has 0 spiro atoms. The maximum Gasteiger partial charge on any atom is 0.338 e.